The number of carbonyl (C=O) groups is 1. The third kappa shape index (κ3) is 4.93. The van der Waals surface area contributed by atoms with Crippen molar-refractivity contribution in [3.8, 4) is 17.5 Å². The number of aliphatic hydroxyl groups excluding tert-OH is 2. The fourth-order valence-electron chi connectivity index (χ4n) is 3.43. The second-order valence-corrected chi connectivity index (χ2v) is 8.22. The number of carbonyl (C=O) groups excluding carboxylic acids is 1. The summed E-state index contributed by atoms with van der Waals surface area (Å²) in [6.07, 6.45) is -4.36. The van der Waals surface area contributed by atoms with Crippen LogP contribution in [0, 0.1) is 0 Å². The summed E-state index contributed by atoms with van der Waals surface area (Å²) in [5, 5.41) is 22.1. The molecule has 0 radical (unpaired) electrons. The molecule has 34 heavy (non-hydrogen) atoms. The first-order valence-electron chi connectivity index (χ1n) is 10.0. The number of fused-ring (bicyclic) bond motifs is 1. The van der Waals surface area contributed by atoms with Gasteiger partial charge in [0.15, 0.2) is 11.5 Å². The normalized spacial score (nSPS) is 16.1. The number of nitrogens with zero attached hydrogens (tertiary/aromatic N) is 5. The van der Waals surface area contributed by atoms with Crippen LogP contribution in [0.15, 0.2) is 35.8 Å². The highest BCUT2D eigenvalue weighted by molar-refractivity contribution is 7.09. The SMILES string of the molecule is CN1c2nc(Oc3cccc(OC(F)(F)F)c3)n(Cc3nccs3)c2C(=O)N(CCCO)C1O. The van der Waals surface area contributed by atoms with Crippen molar-refractivity contribution in [2.75, 3.05) is 25.1 Å². The van der Waals surface area contributed by atoms with Gasteiger partial charge in [-0.25, -0.2) is 4.98 Å². The van der Waals surface area contributed by atoms with Gasteiger partial charge in [0, 0.05) is 37.8 Å². The Morgan fingerprint density at radius 3 is 2.71 bits per heavy atom. The molecule has 1 aliphatic rings. The zero-order valence-corrected chi connectivity index (χ0v) is 18.6. The number of rotatable bonds is 8. The molecule has 0 saturated carbocycles. The van der Waals surface area contributed by atoms with E-state index in [2.05, 4.69) is 14.7 Å². The molecule has 1 atom stereocenters. The van der Waals surface area contributed by atoms with Crippen LogP contribution < -0.4 is 14.4 Å². The van der Waals surface area contributed by atoms with Crippen LogP contribution in [-0.2, 0) is 6.54 Å². The van der Waals surface area contributed by atoms with Crippen molar-refractivity contribution in [2.24, 2.45) is 0 Å². The van der Waals surface area contributed by atoms with Crippen LogP contribution >= 0.6 is 11.3 Å². The Bertz CT molecular complexity index is 1150. The molecule has 1 aromatic carbocycles. The molecule has 14 heteroatoms. The van der Waals surface area contributed by atoms with E-state index < -0.39 is 24.4 Å². The van der Waals surface area contributed by atoms with Gasteiger partial charge in [0.1, 0.15) is 16.5 Å². The number of imidazole rings is 1. The molecule has 0 spiro atoms. The quantitative estimate of drug-likeness (QED) is 0.487. The number of ether oxygens (including phenoxy) is 2. The molecular weight excluding hydrogens is 479 g/mol. The maximum absolute atomic E-state index is 13.3. The van der Waals surface area contributed by atoms with Crippen LogP contribution in [0.2, 0.25) is 0 Å². The Kier molecular flexibility index (Phi) is 6.63. The highest BCUT2D eigenvalue weighted by Crippen LogP contribution is 2.36. The lowest BCUT2D eigenvalue weighted by Gasteiger charge is -2.38. The van der Waals surface area contributed by atoms with Crippen molar-refractivity contribution >= 4 is 23.1 Å². The zero-order chi connectivity index (χ0) is 24.5. The maximum Gasteiger partial charge on any atom is 0.573 e. The van der Waals surface area contributed by atoms with Crippen LogP contribution in [0.25, 0.3) is 0 Å². The van der Waals surface area contributed by atoms with Crippen molar-refractivity contribution < 1.29 is 37.7 Å². The van der Waals surface area contributed by atoms with E-state index in [4.69, 9.17) is 9.84 Å². The van der Waals surface area contributed by atoms with Crippen LogP contribution in [0.3, 0.4) is 0 Å². The van der Waals surface area contributed by atoms with E-state index in [1.165, 1.54) is 44.9 Å². The standard InChI is InChI=1S/C20H20F3N5O5S/c1-26-16-15(17(30)27(19(26)31)7-3-8-29)28(11-14-24-6-9-34-14)18(25-16)32-12-4-2-5-13(10-12)33-20(21,22)23/h2,4-6,9-10,19,29,31H,3,7-8,11H2,1H3. The average molecular weight is 499 g/mol. The van der Waals surface area contributed by atoms with E-state index in [-0.39, 0.29) is 49.4 Å². The highest BCUT2D eigenvalue weighted by Gasteiger charge is 2.40. The van der Waals surface area contributed by atoms with Gasteiger partial charge in [-0.3, -0.25) is 14.3 Å². The summed E-state index contributed by atoms with van der Waals surface area (Å²) in [6.45, 7) is 0.0173. The number of aromatic nitrogens is 3. The van der Waals surface area contributed by atoms with Gasteiger partial charge in [-0.15, -0.1) is 24.5 Å². The Labute approximate surface area is 195 Å². The summed E-state index contributed by atoms with van der Waals surface area (Å²) in [6, 6.07) is 4.82. The Hall–Kier alpha value is -3.36. The summed E-state index contributed by atoms with van der Waals surface area (Å²) < 4.78 is 49.0. The molecule has 4 rings (SSSR count). The van der Waals surface area contributed by atoms with Crippen molar-refractivity contribution in [1.82, 2.24) is 19.4 Å². The molecule has 2 aromatic heterocycles. The number of halogens is 3. The number of thiazole rings is 1. The van der Waals surface area contributed by atoms with Gasteiger partial charge >= 0.3 is 12.4 Å². The summed E-state index contributed by atoms with van der Waals surface area (Å²) in [4.78, 5) is 24.4. The van der Waals surface area contributed by atoms with Gasteiger partial charge < -0.3 is 24.6 Å². The number of aliphatic hydroxyl groups is 2. The molecule has 1 amide bonds. The minimum atomic E-state index is -4.87. The lowest BCUT2D eigenvalue weighted by Crippen LogP contribution is -2.54. The number of alkyl halides is 3. The number of hydrogen-bond acceptors (Lipinski definition) is 9. The minimum Gasteiger partial charge on any atom is -0.425 e. The topological polar surface area (TPSA) is 113 Å². The predicted molar refractivity (Wildman–Crippen MR) is 114 cm³/mol. The number of benzene rings is 1. The lowest BCUT2D eigenvalue weighted by molar-refractivity contribution is -0.274. The fraction of sp³-hybridized carbons (Fsp3) is 0.350. The van der Waals surface area contributed by atoms with Crippen LogP contribution in [-0.4, -0.2) is 68.5 Å². The Morgan fingerprint density at radius 1 is 1.26 bits per heavy atom. The van der Waals surface area contributed by atoms with Gasteiger partial charge in [-0.05, 0) is 18.6 Å². The van der Waals surface area contributed by atoms with Crippen molar-refractivity contribution in [2.45, 2.75) is 25.7 Å². The number of amides is 1. The first-order chi connectivity index (χ1) is 16.2. The van der Waals surface area contributed by atoms with Gasteiger partial charge in [-0.1, -0.05) is 6.07 Å². The molecule has 0 fully saturated rings. The zero-order valence-electron chi connectivity index (χ0n) is 17.8. The second kappa shape index (κ2) is 9.48. The summed E-state index contributed by atoms with van der Waals surface area (Å²) >= 11 is 1.33. The molecular formula is C20H20F3N5O5S. The molecule has 0 bridgehead atoms. The van der Waals surface area contributed by atoms with Crippen LogP contribution in [0.5, 0.6) is 17.5 Å². The van der Waals surface area contributed by atoms with Gasteiger partial charge in [0.05, 0.1) is 6.54 Å². The monoisotopic (exact) mass is 499 g/mol. The summed E-state index contributed by atoms with van der Waals surface area (Å²) in [7, 11) is 1.53. The first-order valence-corrected chi connectivity index (χ1v) is 10.9. The van der Waals surface area contributed by atoms with Crippen LogP contribution in [0.4, 0.5) is 19.0 Å². The van der Waals surface area contributed by atoms with E-state index in [0.29, 0.717) is 5.01 Å². The molecule has 10 nitrogen and oxygen atoms in total. The largest absolute Gasteiger partial charge is 0.573 e. The molecule has 1 unspecified atom stereocenters. The predicted octanol–water partition coefficient (Wildman–Crippen LogP) is 2.63. The van der Waals surface area contributed by atoms with E-state index >= 15 is 0 Å². The second-order valence-electron chi connectivity index (χ2n) is 7.24. The Morgan fingerprint density at radius 2 is 2.03 bits per heavy atom. The highest BCUT2D eigenvalue weighted by atomic mass is 32.1. The van der Waals surface area contributed by atoms with E-state index in [1.807, 2.05) is 0 Å². The van der Waals surface area contributed by atoms with Crippen molar-refractivity contribution in [3.63, 3.8) is 0 Å². The van der Waals surface area contributed by atoms with Crippen LogP contribution in [0.1, 0.15) is 21.9 Å². The van der Waals surface area contributed by atoms with E-state index in [9.17, 15) is 23.1 Å². The average Bonchev–Trinajstić information content (AvgIpc) is 3.40. The Balaban J connectivity index is 1.74. The van der Waals surface area contributed by atoms with Gasteiger partial charge in [0.2, 0.25) is 6.35 Å². The maximum atomic E-state index is 13.3. The summed E-state index contributed by atoms with van der Waals surface area (Å²) in [5.41, 5.74) is 0.110. The lowest BCUT2D eigenvalue weighted by atomic mass is 10.2. The molecule has 3 aromatic rings. The molecule has 2 N–H and O–H groups in total. The third-order valence-electron chi connectivity index (χ3n) is 4.92. The summed E-state index contributed by atoms with van der Waals surface area (Å²) in [5.74, 6) is -0.891. The smallest absolute Gasteiger partial charge is 0.425 e. The first kappa shape index (κ1) is 23.8. The molecule has 1 aliphatic heterocycles. The number of hydrogen-bond donors (Lipinski definition) is 2. The molecule has 3 heterocycles. The third-order valence-corrected chi connectivity index (χ3v) is 5.68. The van der Waals surface area contributed by atoms with Gasteiger partial charge in [0.25, 0.3) is 5.91 Å². The van der Waals surface area contributed by atoms with Crippen molar-refractivity contribution in [1.29, 1.82) is 0 Å². The van der Waals surface area contributed by atoms with Crippen molar-refractivity contribution in [3.05, 3.63) is 46.5 Å². The molecule has 0 aliphatic carbocycles. The molecule has 182 valence electrons. The van der Waals surface area contributed by atoms with E-state index in [0.717, 1.165) is 12.1 Å². The number of anilines is 1. The fourth-order valence-corrected chi connectivity index (χ4v) is 4.03. The minimum absolute atomic E-state index is 0.00253. The molecule has 0 saturated heterocycles. The van der Waals surface area contributed by atoms with Gasteiger partial charge in [-0.2, -0.15) is 4.98 Å². The van der Waals surface area contributed by atoms with E-state index in [1.54, 1.807) is 11.6 Å².